The van der Waals surface area contributed by atoms with Crippen molar-refractivity contribution in [2.45, 2.75) is 6.92 Å². The number of hydrogen-bond acceptors (Lipinski definition) is 6. The molecule has 0 saturated heterocycles. The van der Waals surface area contributed by atoms with Crippen LogP contribution in [0.1, 0.15) is 16.1 Å². The second-order valence-electron chi connectivity index (χ2n) is 6.78. The molecule has 0 aliphatic carbocycles. The zero-order chi connectivity index (χ0) is 21.4. The van der Waals surface area contributed by atoms with Gasteiger partial charge in [0.1, 0.15) is 0 Å². The minimum absolute atomic E-state index is 0.270. The Hall–Kier alpha value is -4.11. The first-order chi connectivity index (χ1) is 15.1. The number of fused-ring (bicyclic) bond motifs is 1. The lowest BCUT2D eigenvalue weighted by molar-refractivity contribution is 0.102. The number of amides is 1. The molecule has 9 nitrogen and oxygen atoms in total. The highest BCUT2D eigenvalue weighted by molar-refractivity contribution is 6.39. The summed E-state index contributed by atoms with van der Waals surface area (Å²) in [6.45, 7) is 1.84. The zero-order valence-corrected chi connectivity index (χ0v) is 17.0. The van der Waals surface area contributed by atoms with E-state index in [1.54, 1.807) is 28.9 Å². The number of nitrogens with zero attached hydrogens (tertiary/aromatic N) is 6. The highest BCUT2D eigenvalue weighted by atomic mass is 35.5. The number of anilines is 1. The largest absolute Gasteiger partial charge is 0.322 e. The molecule has 2 N–H and O–H groups in total. The van der Waals surface area contributed by atoms with Crippen LogP contribution in [-0.2, 0) is 0 Å². The van der Waals surface area contributed by atoms with Gasteiger partial charge in [0, 0.05) is 17.4 Å². The van der Waals surface area contributed by atoms with E-state index in [0.717, 1.165) is 11.3 Å². The van der Waals surface area contributed by atoms with Crippen molar-refractivity contribution < 1.29 is 4.79 Å². The first kappa shape index (κ1) is 18.9. The third-order valence-corrected chi connectivity index (χ3v) is 5.19. The van der Waals surface area contributed by atoms with Gasteiger partial charge in [-0.1, -0.05) is 29.8 Å². The fourth-order valence-corrected chi connectivity index (χ4v) is 3.66. The highest BCUT2D eigenvalue weighted by Gasteiger charge is 2.20. The summed E-state index contributed by atoms with van der Waals surface area (Å²) in [6.07, 6.45) is 1.47. The van der Waals surface area contributed by atoms with Crippen molar-refractivity contribution in [2.24, 2.45) is 0 Å². The minimum Gasteiger partial charge on any atom is -0.322 e. The van der Waals surface area contributed by atoms with Crippen molar-refractivity contribution in [2.75, 3.05) is 5.32 Å². The van der Waals surface area contributed by atoms with Crippen molar-refractivity contribution in [3.8, 4) is 17.1 Å². The molecule has 3 heterocycles. The van der Waals surface area contributed by atoms with Gasteiger partial charge in [-0.05, 0) is 48.5 Å². The van der Waals surface area contributed by atoms with Crippen molar-refractivity contribution >= 4 is 34.2 Å². The van der Waals surface area contributed by atoms with Crippen molar-refractivity contribution in [3.05, 3.63) is 77.1 Å². The summed E-state index contributed by atoms with van der Waals surface area (Å²) in [5.41, 5.74) is 3.79. The Morgan fingerprint density at radius 2 is 1.87 bits per heavy atom. The smallest absolute Gasteiger partial charge is 0.258 e. The van der Waals surface area contributed by atoms with E-state index in [1.807, 2.05) is 37.3 Å². The summed E-state index contributed by atoms with van der Waals surface area (Å²) < 4.78 is 1.72. The quantitative estimate of drug-likeness (QED) is 0.448. The van der Waals surface area contributed by atoms with Gasteiger partial charge in [0.2, 0.25) is 5.82 Å². The van der Waals surface area contributed by atoms with Crippen LogP contribution in [0.3, 0.4) is 0 Å². The number of hydrogen-bond donors (Lipinski definition) is 2. The van der Waals surface area contributed by atoms with Crippen molar-refractivity contribution in [1.82, 2.24) is 35.4 Å². The van der Waals surface area contributed by atoms with E-state index < -0.39 is 0 Å². The molecule has 0 unspecified atom stereocenters. The molecule has 31 heavy (non-hydrogen) atoms. The number of aryl methyl sites for hydroxylation is 1. The Kier molecular flexibility index (Phi) is 4.64. The molecule has 152 valence electrons. The van der Waals surface area contributed by atoms with Crippen LogP contribution in [0.15, 0.2) is 60.8 Å². The highest BCUT2D eigenvalue weighted by Crippen LogP contribution is 2.30. The standard InChI is InChI=1S/C21H15ClN8O/c1-12-17-18(22)16(11-23-20(17)30(27-12)15-5-3-2-4-6-15)21(31)24-14-9-7-13(8-10-14)19-25-28-29-26-19/h2-11H,1H3,(H,24,31)(H,25,26,28,29). The summed E-state index contributed by atoms with van der Waals surface area (Å²) in [6, 6.07) is 16.7. The van der Waals surface area contributed by atoms with Gasteiger partial charge in [-0.3, -0.25) is 4.79 Å². The molecule has 0 atom stereocenters. The van der Waals surface area contributed by atoms with Crippen LogP contribution >= 0.6 is 11.6 Å². The molecule has 10 heteroatoms. The van der Waals surface area contributed by atoms with E-state index in [0.29, 0.717) is 33.3 Å². The number of pyridine rings is 1. The van der Waals surface area contributed by atoms with E-state index >= 15 is 0 Å². The first-order valence-electron chi connectivity index (χ1n) is 9.36. The van der Waals surface area contributed by atoms with Crippen LogP contribution in [0.5, 0.6) is 0 Å². The molecule has 5 aromatic rings. The Bertz CT molecular complexity index is 1380. The van der Waals surface area contributed by atoms with Gasteiger partial charge in [0.15, 0.2) is 5.65 Å². The van der Waals surface area contributed by atoms with Crippen LogP contribution in [0, 0.1) is 6.92 Å². The van der Waals surface area contributed by atoms with Crippen molar-refractivity contribution in [1.29, 1.82) is 0 Å². The number of aromatic nitrogens is 7. The van der Waals surface area contributed by atoms with Gasteiger partial charge in [0.05, 0.1) is 27.4 Å². The molecule has 3 aromatic heterocycles. The average molecular weight is 431 g/mol. The molecule has 0 spiro atoms. The molecule has 0 bridgehead atoms. The molecule has 5 rings (SSSR count). The number of benzene rings is 2. The lowest BCUT2D eigenvalue weighted by Crippen LogP contribution is -2.13. The van der Waals surface area contributed by atoms with E-state index in [4.69, 9.17) is 11.6 Å². The number of H-pyrrole nitrogens is 1. The number of aromatic amines is 1. The molecule has 1 amide bonds. The monoisotopic (exact) mass is 430 g/mol. The number of tetrazole rings is 1. The first-order valence-corrected chi connectivity index (χ1v) is 9.74. The van der Waals surface area contributed by atoms with Crippen LogP contribution < -0.4 is 5.32 Å². The van der Waals surface area contributed by atoms with Crippen LogP contribution in [-0.4, -0.2) is 41.3 Å². The lowest BCUT2D eigenvalue weighted by atomic mass is 10.1. The second kappa shape index (κ2) is 7.62. The van der Waals surface area contributed by atoms with Crippen LogP contribution in [0.2, 0.25) is 5.02 Å². The van der Waals surface area contributed by atoms with Gasteiger partial charge in [0.25, 0.3) is 5.91 Å². The molecule has 0 saturated carbocycles. The van der Waals surface area contributed by atoms with Gasteiger partial charge in [-0.2, -0.15) is 10.3 Å². The van der Waals surface area contributed by atoms with E-state index in [-0.39, 0.29) is 11.5 Å². The Labute approximate surface area is 181 Å². The third kappa shape index (κ3) is 3.40. The molecule has 0 radical (unpaired) electrons. The molecule has 0 aliphatic heterocycles. The summed E-state index contributed by atoms with van der Waals surface area (Å²) in [7, 11) is 0. The van der Waals surface area contributed by atoms with Gasteiger partial charge >= 0.3 is 0 Å². The Morgan fingerprint density at radius 3 is 2.58 bits per heavy atom. The van der Waals surface area contributed by atoms with Gasteiger partial charge in [-0.25, -0.2) is 9.67 Å². The molecular weight excluding hydrogens is 416 g/mol. The predicted molar refractivity (Wildman–Crippen MR) is 116 cm³/mol. The minimum atomic E-state index is -0.362. The number of nitrogens with one attached hydrogen (secondary N) is 2. The summed E-state index contributed by atoms with van der Waals surface area (Å²) in [4.78, 5) is 17.4. The number of carbonyl (C=O) groups is 1. The van der Waals surface area contributed by atoms with E-state index in [2.05, 4.69) is 36.0 Å². The summed E-state index contributed by atoms with van der Waals surface area (Å²) >= 11 is 6.62. The predicted octanol–water partition coefficient (Wildman–Crippen LogP) is 3.81. The van der Waals surface area contributed by atoms with E-state index in [9.17, 15) is 4.79 Å². The Balaban J connectivity index is 1.45. The van der Waals surface area contributed by atoms with Gasteiger partial charge in [-0.15, -0.1) is 10.2 Å². The molecular formula is C21H15ClN8O. The fourth-order valence-electron chi connectivity index (χ4n) is 3.30. The number of halogens is 1. The van der Waals surface area contributed by atoms with Gasteiger partial charge < -0.3 is 5.32 Å². The van der Waals surface area contributed by atoms with Crippen LogP contribution in [0.25, 0.3) is 28.1 Å². The fraction of sp³-hybridized carbons (Fsp3) is 0.0476. The summed E-state index contributed by atoms with van der Waals surface area (Å²) in [5, 5.41) is 22.2. The topological polar surface area (TPSA) is 114 Å². The average Bonchev–Trinajstić information content (AvgIpc) is 3.44. The molecule has 0 fully saturated rings. The maximum atomic E-state index is 12.9. The summed E-state index contributed by atoms with van der Waals surface area (Å²) in [5.74, 6) is 0.111. The van der Waals surface area contributed by atoms with Crippen molar-refractivity contribution in [3.63, 3.8) is 0 Å². The lowest BCUT2D eigenvalue weighted by Gasteiger charge is -2.08. The maximum absolute atomic E-state index is 12.9. The Morgan fingerprint density at radius 1 is 1.10 bits per heavy atom. The SMILES string of the molecule is Cc1nn(-c2ccccc2)c2ncc(C(=O)Nc3ccc(-c4nn[nH]n4)cc3)c(Cl)c12. The second-order valence-corrected chi connectivity index (χ2v) is 7.16. The number of rotatable bonds is 4. The number of para-hydroxylation sites is 1. The van der Waals surface area contributed by atoms with Crippen LogP contribution in [0.4, 0.5) is 5.69 Å². The zero-order valence-electron chi connectivity index (χ0n) is 16.2. The third-order valence-electron chi connectivity index (χ3n) is 4.80. The molecule has 2 aromatic carbocycles. The normalized spacial score (nSPS) is 11.0. The number of carbonyl (C=O) groups excluding carboxylic acids is 1. The molecule has 0 aliphatic rings. The maximum Gasteiger partial charge on any atom is 0.258 e. The van der Waals surface area contributed by atoms with E-state index in [1.165, 1.54) is 6.20 Å².